The van der Waals surface area contributed by atoms with E-state index in [1.807, 2.05) is 47.0 Å². The molecule has 1 unspecified atom stereocenters. The van der Waals surface area contributed by atoms with Crippen LogP contribution in [-0.4, -0.2) is 26.7 Å². The SMILES string of the molecule is CC(C)C1CN=C(Nc2cnn(Cc3ccccc3)c2)S1. The van der Waals surface area contributed by atoms with Crippen LogP contribution in [0.2, 0.25) is 0 Å². The second-order valence-electron chi connectivity index (χ2n) is 5.58. The lowest BCUT2D eigenvalue weighted by Crippen LogP contribution is -2.12. The van der Waals surface area contributed by atoms with Gasteiger partial charge in [-0.1, -0.05) is 55.9 Å². The first-order valence-electron chi connectivity index (χ1n) is 7.25. The van der Waals surface area contributed by atoms with Crippen molar-refractivity contribution in [1.29, 1.82) is 0 Å². The van der Waals surface area contributed by atoms with Crippen molar-refractivity contribution in [3.05, 3.63) is 48.3 Å². The summed E-state index contributed by atoms with van der Waals surface area (Å²) in [5, 5.41) is 9.36. The number of aromatic nitrogens is 2. The average molecular weight is 300 g/mol. The fourth-order valence-corrected chi connectivity index (χ4v) is 3.25. The molecule has 1 aromatic carbocycles. The quantitative estimate of drug-likeness (QED) is 0.940. The topological polar surface area (TPSA) is 42.2 Å². The lowest BCUT2D eigenvalue weighted by molar-refractivity contribution is 0.621. The molecule has 0 radical (unpaired) electrons. The number of amidine groups is 1. The molecule has 0 saturated carbocycles. The monoisotopic (exact) mass is 300 g/mol. The van der Waals surface area contributed by atoms with E-state index >= 15 is 0 Å². The molecule has 0 aliphatic carbocycles. The van der Waals surface area contributed by atoms with E-state index in [1.54, 1.807) is 0 Å². The Morgan fingerprint density at radius 1 is 1.33 bits per heavy atom. The van der Waals surface area contributed by atoms with Crippen molar-refractivity contribution >= 4 is 22.6 Å². The Hall–Kier alpha value is -1.75. The number of rotatable bonds is 4. The molecule has 2 heterocycles. The van der Waals surface area contributed by atoms with Crippen molar-refractivity contribution in [2.45, 2.75) is 25.6 Å². The molecule has 5 heteroatoms. The fraction of sp³-hybridized carbons (Fsp3) is 0.375. The summed E-state index contributed by atoms with van der Waals surface area (Å²) in [5.41, 5.74) is 2.25. The van der Waals surface area contributed by atoms with E-state index in [2.05, 4.69) is 41.4 Å². The van der Waals surface area contributed by atoms with Gasteiger partial charge in [0.1, 0.15) is 0 Å². The molecule has 0 bridgehead atoms. The summed E-state index contributed by atoms with van der Waals surface area (Å²) in [6.07, 6.45) is 3.88. The van der Waals surface area contributed by atoms with Crippen LogP contribution >= 0.6 is 11.8 Å². The van der Waals surface area contributed by atoms with E-state index in [9.17, 15) is 0 Å². The highest BCUT2D eigenvalue weighted by Gasteiger charge is 2.22. The Bertz CT molecular complexity index is 618. The minimum atomic E-state index is 0.590. The molecule has 21 heavy (non-hydrogen) atoms. The Morgan fingerprint density at radius 3 is 2.86 bits per heavy atom. The number of anilines is 1. The third-order valence-electron chi connectivity index (χ3n) is 3.49. The number of nitrogens with one attached hydrogen (secondary N) is 1. The summed E-state index contributed by atoms with van der Waals surface area (Å²) in [5.74, 6) is 0.652. The molecule has 110 valence electrons. The summed E-state index contributed by atoms with van der Waals surface area (Å²) in [7, 11) is 0. The zero-order valence-corrected chi connectivity index (χ0v) is 13.2. The Balaban J connectivity index is 1.59. The molecule has 0 spiro atoms. The van der Waals surface area contributed by atoms with E-state index in [4.69, 9.17) is 0 Å². The minimum absolute atomic E-state index is 0.590. The predicted molar refractivity (Wildman–Crippen MR) is 89.9 cm³/mol. The molecule has 2 aromatic rings. The number of benzene rings is 1. The van der Waals surface area contributed by atoms with Crippen molar-refractivity contribution in [3.8, 4) is 0 Å². The molecule has 0 amide bonds. The molecule has 4 nitrogen and oxygen atoms in total. The first kappa shape index (κ1) is 14.2. The number of hydrogen-bond acceptors (Lipinski definition) is 4. The zero-order valence-electron chi connectivity index (χ0n) is 12.4. The van der Waals surface area contributed by atoms with E-state index in [0.29, 0.717) is 11.2 Å². The highest BCUT2D eigenvalue weighted by atomic mass is 32.2. The first-order chi connectivity index (χ1) is 10.2. The molecule has 0 saturated heterocycles. The predicted octanol–water partition coefficient (Wildman–Crippen LogP) is 3.47. The summed E-state index contributed by atoms with van der Waals surface area (Å²) >= 11 is 1.83. The summed E-state index contributed by atoms with van der Waals surface area (Å²) in [4.78, 5) is 4.56. The Kier molecular flexibility index (Phi) is 4.29. The van der Waals surface area contributed by atoms with Crippen molar-refractivity contribution < 1.29 is 0 Å². The molecule has 0 fully saturated rings. The van der Waals surface area contributed by atoms with Gasteiger partial charge in [-0.3, -0.25) is 9.67 Å². The van der Waals surface area contributed by atoms with Gasteiger partial charge < -0.3 is 5.32 Å². The highest BCUT2D eigenvalue weighted by Crippen LogP contribution is 2.27. The van der Waals surface area contributed by atoms with Crippen LogP contribution in [0, 0.1) is 5.92 Å². The summed E-state index contributed by atoms with van der Waals surface area (Å²) in [6, 6.07) is 10.3. The molecule has 1 aliphatic heterocycles. The van der Waals surface area contributed by atoms with Gasteiger partial charge in [-0.15, -0.1) is 0 Å². The zero-order chi connectivity index (χ0) is 14.7. The number of thioether (sulfide) groups is 1. The second-order valence-corrected chi connectivity index (χ2v) is 6.81. The van der Waals surface area contributed by atoms with Gasteiger partial charge >= 0.3 is 0 Å². The maximum absolute atomic E-state index is 4.56. The number of nitrogens with zero attached hydrogens (tertiary/aromatic N) is 3. The van der Waals surface area contributed by atoms with Gasteiger partial charge in [-0.2, -0.15) is 5.10 Å². The van der Waals surface area contributed by atoms with Crippen LogP contribution in [-0.2, 0) is 6.54 Å². The Labute approximate surface area is 129 Å². The molecule has 1 N–H and O–H groups in total. The number of hydrogen-bond donors (Lipinski definition) is 1. The van der Waals surface area contributed by atoms with E-state index in [0.717, 1.165) is 23.9 Å². The maximum atomic E-state index is 4.56. The summed E-state index contributed by atoms with van der Waals surface area (Å²) < 4.78 is 1.94. The smallest absolute Gasteiger partial charge is 0.161 e. The van der Waals surface area contributed by atoms with Crippen LogP contribution in [0.3, 0.4) is 0 Å². The lowest BCUT2D eigenvalue weighted by atomic mass is 10.1. The van der Waals surface area contributed by atoms with E-state index < -0.39 is 0 Å². The molecule has 1 atom stereocenters. The van der Waals surface area contributed by atoms with Crippen LogP contribution in [0.1, 0.15) is 19.4 Å². The van der Waals surface area contributed by atoms with Crippen LogP contribution in [0.5, 0.6) is 0 Å². The first-order valence-corrected chi connectivity index (χ1v) is 8.13. The van der Waals surface area contributed by atoms with Gasteiger partial charge in [0.2, 0.25) is 0 Å². The van der Waals surface area contributed by atoms with Crippen LogP contribution < -0.4 is 5.32 Å². The van der Waals surface area contributed by atoms with Crippen molar-refractivity contribution in [2.75, 3.05) is 11.9 Å². The second kappa shape index (κ2) is 6.35. The van der Waals surface area contributed by atoms with Crippen molar-refractivity contribution in [3.63, 3.8) is 0 Å². The van der Waals surface area contributed by atoms with Gasteiger partial charge in [0, 0.05) is 11.4 Å². The minimum Gasteiger partial charge on any atom is -0.332 e. The maximum Gasteiger partial charge on any atom is 0.161 e. The van der Waals surface area contributed by atoms with E-state index in [1.165, 1.54) is 5.56 Å². The standard InChI is InChI=1S/C16H20N4S/c1-12(2)15-9-17-16(21-15)19-14-8-18-20(11-14)10-13-6-4-3-5-7-13/h3-8,11-12,15H,9-10H2,1-2H3,(H,17,19). The van der Waals surface area contributed by atoms with Crippen molar-refractivity contribution in [2.24, 2.45) is 10.9 Å². The van der Waals surface area contributed by atoms with E-state index in [-0.39, 0.29) is 0 Å². The molecular formula is C16H20N4S. The average Bonchev–Trinajstić information content (AvgIpc) is 3.10. The number of aliphatic imine (C=N–C) groups is 1. The fourth-order valence-electron chi connectivity index (χ4n) is 2.22. The summed E-state index contributed by atoms with van der Waals surface area (Å²) in [6.45, 7) is 6.18. The largest absolute Gasteiger partial charge is 0.332 e. The van der Waals surface area contributed by atoms with Gasteiger partial charge in [-0.25, -0.2) is 0 Å². The highest BCUT2D eigenvalue weighted by molar-refractivity contribution is 8.15. The third-order valence-corrected chi connectivity index (χ3v) is 4.94. The Morgan fingerprint density at radius 2 is 2.14 bits per heavy atom. The van der Waals surface area contributed by atoms with Gasteiger partial charge in [0.05, 0.1) is 25.0 Å². The van der Waals surface area contributed by atoms with Crippen molar-refractivity contribution in [1.82, 2.24) is 9.78 Å². The third kappa shape index (κ3) is 3.67. The van der Waals surface area contributed by atoms with Gasteiger partial charge in [-0.05, 0) is 11.5 Å². The molecule has 1 aliphatic rings. The molecule has 1 aromatic heterocycles. The van der Waals surface area contributed by atoms with Crippen LogP contribution in [0.4, 0.5) is 5.69 Å². The lowest BCUT2D eigenvalue weighted by Gasteiger charge is -2.11. The van der Waals surface area contributed by atoms with Gasteiger partial charge in [0.15, 0.2) is 5.17 Å². The van der Waals surface area contributed by atoms with Gasteiger partial charge in [0.25, 0.3) is 0 Å². The van der Waals surface area contributed by atoms with Crippen LogP contribution in [0.25, 0.3) is 0 Å². The molecular weight excluding hydrogens is 280 g/mol. The molecule has 3 rings (SSSR count). The normalized spacial score (nSPS) is 18.0. The van der Waals surface area contributed by atoms with Crippen LogP contribution in [0.15, 0.2) is 47.7 Å².